The Morgan fingerprint density at radius 3 is 2.47 bits per heavy atom. The highest BCUT2D eigenvalue weighted by Crippen LogP contribution is 2.29. The highest BCUT2D eigenvalue weighted by molar-refractivity contribution is 5.85. The summed E-state index contributed by atoms with van der Waals surface area (Å²) in [6.45, 7) is 7.66. The predicted molar refractivity (Wildman–Crippen MR) is 77.7 cm³/mol. The fraction of sp³-hybridized carbons (Fsp3) is 0.438. The molecule has 0 saturated heterocycles. The van der Waals surface area contributed by atoms with E-state index >= 15 is 0 Å². The van der Waals surface area contributed by atoms with E-state index in [9.17, 15) is 4.79 Å². The molecule has 0 radical (unpaired) electrons. The molecule has 1 aromatic carbocycles. The number of Topliss-reactive ketones (excluding diaryl/α,β-unsaturated/α-hetero) is 1. The van der Waals surface area contributed by atoms with E-state index in [0.29, 0.717) is 11.5 Å². The molecule has 0 saturated carbocycles. The standard InChI is InChI=1S/C16H22O3/c1-6-7-12-8-9-13(14(10-12)18-5)19-11-15(17)16(2,3)4/h6-10H,11H2,1-5H3. The van der Waals surface area contributed by atoms with Crippen molar-refractivity contribution in [3.8, 4) is 11.5 Å². The summed E-state index contributed by atoms with van der Waals surface area (Å²) in [7, 11) is 1.59. The second-order valence-corrected chi connectivity index (χ2v) is 5.37. The summed E-state index contributed by atoms with van der Waals surface area (Å²) in [4.78, 5) is 11.8. The van der Waals surface area contributed by atoms with Gasteiger partial charge in [0.15, 0.2) is 17.3 Å². The normalized spacial score (nSPS) is 11.6. The van der Waals surface area contributed by atoms with E-state index < -0.39 is 5.41 Å². The van der Waals surface area contributed by atoms with Gasteiger partial charge < -0.3 is 9.47 Å². The van der Waals surface area contributed by atoms with E-state index in [1.54, 1.807) is 7.11 Å². The molecule has 0 aliphatic rings. The van der Waals surface area contributed by atoms with Crippen molar-refractivity contribution in [3.63, 3.8) is 0 Å². The lowest BCUT2D eigenvalue weighted by molar-refractivity contribution is -0.128. The first kappa shape index (κ1) is 15.3. The van der Waals surface area contributed by atoms with Gasteiger partial charge in [0.25, 0.3) is 0 Å². The first-order valence-electron chi connectivity index (χ1n) is 6.35. The minimum Gasteiger partial charge on any atom is -0.493 e. The summed E-state index contributed by atoms with van der Waals surface area (Å²) in [5, 5.41) is 0. The summed E-state index contributed by atoms with van der Waals surface area (Å²) >= 11 is 0. The Balaban J connectivity index is 2.81. The minimum absolute atomic E-state index is 0.0584. The summed E-state index contributed by atoms with van der Waals surface area (Å²) in [6.07, 6.45) is 3.94. The maximum atomic E-state index is 11.8. The largest absolute Gasteiger partial charge is 0.493 e. The Hall–Kier alpha value is -1.77. The number of carbonyl (C=O) groups is 1. The number of methoxy groups -OCH3 is 1. The number of allylic oxidation sites excluding steroid dienone is 1. The van der Waals surface area contributed by atoms with E-state index in [0.717, 1.165) is 5.56 Å². The Morgan fingerprint density at radius 1 is 1.26 bits per heavy atom. The third-order valence-corrected chi connectivity index (χ3v) is 2.74. The molecule has 0 fully saturated rings. The predicted octanol–water partition coefficient (Wildman–Crippen LogP) is 3.72. The van der Waals surface area contributed by atoms with Gasteiger partial charge in [0.1, 0.15) is 6.61 Å². The van der Waals surface area contributed by atoms with Crippen LogP contribution >= 0.6 is 0 Å². The van der Waals surface area contributed by atoms with Crippen molar-refractivity contribution in [3.05, 3.63) is 29.8 Å². The Kier molecular flexibility index (Phi) is 5.16. The van der Waals surface area contributed by atoms with Crippen LogP contribution in [0.1, 0.15) is 33.3 Å². The van der Waals surface area contributed by atoms with Gasteiger partial charge in [-0.05, 0) is 24.6 Å². The molecule has 0 heterocycles. The Morgan fingerprint density at radius 2 is 1.95 bits per heavy atom. The molecule has 0 aliphatic heterocycles. The van der Waals surface area contributed by atoms with Crippen LogP contribution in [-0.2, 0) is 4.79 Å². The third kappa shape index (κ3) is 4.43. The van der Waals surface area contributed by atoms with Crippen molar-refractivity contribution in [1.29, 1.82) is 0 Å². The zero-order chi connectivity index (χ0) is 14.5. The van der Waals surface area contributed by atoms with Crippen LogP contribution in [0.4, 0.5) is 0 Å². The van der Waals surface area contributed by atoms with Crippen molar-refractivity contribution in [2.45, 2.75) is 27.7 Å². The van der Waals surface area contributed by atoms with Gasteiger partial charge in [-0.2, -0.15) is 0 Å². The highest BCUT2D eigenvalue weighted by Gasteiger charge is 2.22. The van der Waals surface area contributed by atoms with Crippen LogP contribution in [0.5, 0.6) is 11.5 Å². The van der Waals surface area contributed by atoms with Gasteiger partial charge in [0, 0.05) is 5.41 Å². The van der Waals surface area contributed by atoms with Gasteiger partial charge in [-0.1, -0.05) is 39.0 Å². The van der Waals surface area contributed by atoms with Crippen LogP contribution in [-0.4, -0.2) is 19.5 Å². The summed E-state index contributed by atoms with van der Waals surface area (Å²) in [5.74, 6) is 1.29. The van der Waals surface area contributed by atoms with Crippen LogP contribution in [0, 0.1) is 5.41 Å². The van der Waals surface area contributed by atoms with E-state index in [2.05, 4.69) is 0 Å². The lowest BCUT2D eigenvalue weighted by Crippen LogP contribution is -2.26. The maximum Gasteiger partial charge on any atom is 0.175 e. The van der Waals surface area contributed by atoms with E-state index in [-0.39, 0.29) is 12.4 Å². The molecule has 3 nitrogen and oxygen atoms in total. The zero-order valence-corrected chi connectivity index (χ0v) is 12.3. The van der Waals surface area contributed by atoms with E-state index in [1.165, 1.54) is 0 Å². The molecular weight excluding hydrogens is 240 g/mol. The molecule has 3 heteroatoms. The van der Waals surface area contributed by atoms with Crippen LogP contribution in [0.3, 0.4) is 0 Å². The van der Waals surface area contributed by atoms with Gasteiger partial charge in [0.05, 0.1) is 7.11 Å². The van der Waals surface area contributed by atoms with Gasteiger partial charge in [0.2, 0.25) is 0 Å². The number of benzene rings is 1. The summed E-state index contributed by atoms with van der Waals surface area (Å²) in [6, 6.07) is 5.64. The number of rotatable bonds is 5. The van der Waals surface area contributed by atoms with Crippen LogP contribution in [0.15, 0.2) is 24.3 Å². The SMILES string of the molecule is CC=Cc1ccc(OCC(=O)C(C)(C)C)c(OC)c1. The number of ether oxygens (including phenoxy) is 2. The molecule has 0 N–H and O–H groups in total. The summed E-state index contributed by atoms with van der Waals surface area (Å²) in [5.41, 5.74) is 0.645. The van der Waals surface area contributed by atoms with Crippen molar-refractivity contribution in [2.24, 2.45) is 5.41 Å². The van der Waals surface area contributed by atoms with E-state index in [1.807, 2.05) is 58.0 Å². The molecule has 0 bridgehead atoms. The number of hydrogen-bond acceptors (Lipinski definition) is 3. The lowest BCUT2D eigenvalue weighted by Gasteiger charge is -2.17. The van der Waals surface area contributed by atoms with Crippen molar-refractivity contribution >= 4 is 11.9 Å². The first-order valence-corrected chi connectivity index (χ1v) is 6.35. The second-order valence-electron chi connectivity index (χ2n) is 5.37. The smallest absolute Gasteiger partial charge is 0.175 e. The fourth-order valence-electron chi connectivity index (χ4n) is 1.46. The summed E-state index contributed by atoms with van der Waals surface area (Å²) < 4.78 is 10.8. The average Bonchev–Trinajstić information content (AvgIpc) is 2.35. The molecule has 1 rings (SSSR count). The van der Waals surface area contributed by atoms with Crippen molar-refractivity contribution in [2.75, 3.05) is 13.7 Å². The quantitative estimate of drug-likeness (QED) is 0.811. The first-order chi connectivity index (χ1) is 8.88. The van der Waals surface area contributed by atoms with Crippen LogP contribution in [0.25, 0.3) is 6.08 Å². The molecule has 0 amide bonds. The number of carbonyl (C=O) groups excluding carboxylic acids is 1. The van der Waals surface area contributed by atoms with Gasteiger partial charge >= 0.3 is 0 Å². The van der Waals surface area contributed by atoms with Gasteiger partial charge in [-0.25, -0.2) is 0 Å². The van der Waals surface area contributed by atoms with Gasteiger partial charge in [-0.3, -0.25) is 4.79 Å². The number of ketones is 1. The third-order valence-electron chi connectivity index (χ3n) is 2.74. The monoisotopic (exact) mass is 262 g/mol. The van der Waals surface area contributed by atoms with Crippen molar-refractivity contribution in [1.82, 2.24) is 0 Å². The van der Waals surface area contributed by atoms with Crippen molar-refractivity contribution < 1.29 is 14.3 Å². The topological polar surface area (TPSA) is 35.5 Å². The fourth-order valence-corrected chi connectivity index (χ4v) is 1.46. The lowest BCUT2D eigenvalue weighted by atomic mass is 9.91. The molecule has 1 aromatic rings. The molecule has 0 atom stereocenters. The van der Waals surface area contributed by atoms with Gasteiger partial charge in [-0.15, -0.1) is 0 Å². The minimum atomic E-state index is -0.391. The highest BCUT2D eigenvalue weighted by atomic mass is 16.5. The van der Waals surface area contributed by atoms with E-state index in [4.69, 9.17) is 9.47 Å². The Labute approximate surface area is 115 Å². The molecule has 0 aromatic heterocycles. The molecule has 19 heavy (non-hydrogen) atoms. The number of hydrogen-bond donors (Lipinski definition) is 0. The zero-order valence-electron chi connectivity index (χ0n) is 12.3. The van der Waals surface area contributed by atoms with Crippen LogP contribution in [0.2, 0.25) is 0 Å². The maximum absolute atomic E-state index is 11.8. The molecule has 0 unspecified atom stereocenters. The molecule has 104 valence electrons. The molecule has 0 aliphatic carbocycles. The second kappa shape index (κ2) is 6.41. The van der Waals surface area contributed by atoms with Crippen LogP contribution < -0.4 is 9.47 Å². The average molecular weight is 262 g/mol. The Bertz CT molecular complexity index is 467. The molecule has 0 spiro atoms. The molecular formula is C16H22O3.